The lowest BCUT2D eigenvalue weighted by atomic mass is 9.92. The monoisotopic (exact) mass is 404 g/mol. The van der Waals surface area contributed by atoms with E-state index in [0.29, 0.717) is 12.1 Å². The van der Waals surface area contributed by atoms with Crippen molar-refractivity contribution in [3.8, 4) is 0 Å². The lowest BCUT2D eigenvalue weighted by Gasteiger charge is -2.25. The van der Waals surface area contributed by atoms with E-state index in [1.807, 2.05) is 26.8 Å². The highest BCUT2D eigenvalue weighted by Crippen LogP contribution is 2.43. The number of hydrogen-bond donors (Lipinski definition) is 1. The average Bonchev–Trinajstić information content (AvgIpc) is 2.95. The fraction of sp³-hybridized carbons (Fsp3) is 0.333. The Morgan fingerprint density at radius 1 is 1.21 bits per heavy atom. The summed E-state index contributed by atoms with van der Waals surface area (Å²) in [6.07, 6.45) is 0.376. The summed E-state index contributed by atoms with van der Waals surface area (Å²) in [7, 11) is 0. The minimum Gasteiger partial charge on any atom is -0.326 e. The summed E-state index contributed by atoms with van der Waals surface area (Å²) in [6, 6.07) is 10.3. The molecule has 1 unspecified atom stereocenters. The van der Waals surface area contributed by atoms with Crippen molar-refractivity contribution in [1.29, 1.82) is 0 Å². The van der Waals surface area contributed by atoms with Crippen molar-refractivity contribution in [3.05, 3.63) is 59.7 Å². The second kappa shape index (κ2) is 7.91. The number of nitrogens with zero attached hydrogens (tertiary/aromatic N) is 1. The molecule has 1 aliphatic rings. The molecule has 1 N–H and O–H groups in total. The fourth-order valence-corrected chi connectivity index (χ4v) is 4.22. The molecule has 2 aromatic carbocycles. The van der Waals surface area contributed by atoms with Gasteiger partial charge in [0.2, 0.25) is 11.8 Å². The molecule has 7 heteroatoms. The van der Waals surface area contributed by atoms with Gasteiger partial charge in [-0.05, 0) is 35.2 Å². The minimum atomic E-state index is -0.782. The summed E-state index contributed by atoms with van der Waals surface area (Å²) in [5.74, 6) is -1.62. The molecule has 3 rings (SSSR count). The average molecular weight is 404 g/mol. The van der Waals surface area contributed by atoms with Crippen LogP contribution in [0, 0.1) is 17.0 Å². The van der Waals surface area contributed by atoms with Crippen LogP contribution in [0.3, 0.4) is 0 Å². The van der Waals surface area contributed by atoms with Crippen molar-refractivity contribution in [2.45, 2.75) is 32.6 Å². The van der Waals surface area contributed by atoms with Gasteiger partial charge in [-0.25, -0.2) is 8.78 Å². The number of amides is 2. The minimum absolute atomic E-state index is 0.0450. The third-order valence-electron chi connectivity index (χ3n) is 4.18. The topological polar surface area (TPSA) is 49.4 Å². The molecule has 2 amide bonds. The van der Waals surface area contributed by atoms with E-state index in [1.54, 1.807) is 18.2 Å². The quantitative estimate of drug-likeness (QED) is 0.770. The molecule has 1 heterocycles. The van der Waals surface area contributed by atoms with Crippen molar-refractivity contribution < 1.29 is 18.4 Å². The van der Waals surface area contributed by atoms with Crippen LogP contribution in [0.1, 0.15) is 38.1 Å². The molecular weight excluding hydrogens is 382 g/mol. The molecule has 28 heavy (non-hydrogen) atoms. The van der Waals surface area contributed by atoms with Crippen molar-refractivity contribution in [3.63, 3.8) is 0 Å². The van der Waals surface area contributed by atoms with Crippen LogP contribution >= 0.6 is 11.8 Å². The Kier molecular flexibility index (Phi) is 5.74. The van der Waals surface area contributed by atoms with Gasteiger partial charge in [0.25, 0.3) is 0 Å². The molecule has 1 fully saturated rings. The standard InChI is InChI=1S/C21H22F2N2O2S/c1-21(2,3)11-18(26)24-15-6-4-5-13(9-15)20-25(19(27)12-28-20)17-8-7-14(22)10-16(17)23/h4-10,20H,11-12H2,1-3H3,(H,24,26). The van der Waals surface area contributed by atoms with Crippen LogP contribution in [-0.4, -0.2) is 17.6 Å². The smallest absolute Gasteiger partial charge is 0.238 e. The van der Waals surface area contributed by atoms with Crippen molar-refractivity contribution in [2.24, 2.45) is 5.41 Å². The summed E-state index contributed by atoms with van der Waals surface area (Å²) >= 11 is 1.36. The molecule has 1 atom stereocenters. The van der Waals surface area contributed by atoms with Crippen LogP contribution in [0.15, 0.2) is 42.5 Å². The third-order valence-corrected chi connectivity index (χ3v) is 5.40. The van der Waals surface area contributed by atoms with Crippen molar-refractivity contribution in [2.75, 3.05) is 16.0 Å². The first-order valence-electron chi connectivity index (χ1n) is 8.92. The highest BCUT2D eigenvalue weighted by atomic mass is 32.2. The van der Waals surface area contributed by atoms with Crippen LogP contribution in [-0.2, 0) is 9.59 Å². The Morgan fingerprint density at radius 3 is 2.64 bits per heavy atom. The van der Waals surface area contributed by atoms with Crippen LogP contribution in [0.2, 0.25) is 0 Å². The van der Waals surface area contributed by atoms with Crippen molar-refractivity contribution >= 4 is 35.0 Å². The van der Waals surface area contributed by atoms with E-state index in [0.717, 1.165) is 17.7 Å². The lowest BCUT2D eigenvalue weighted by Crippen LogP contribution is -2.28. The molecule has 0 radical (unpaired) electrons. The number of halogens is 2. The molecule has 0 spiro atoms. The maximum Gasteiger partial charge on any atom is 0.238 e. The molecule has 0 bridgehead atoms. The summed E-state index contributed by atoms with van der Waals surface area (Å²) < 4.78 is 27.5. The Balaban J connectivity index is 1.86. The number of thioether (sulfide) groups is 1. The Bertz CT molecular complexity index is 912. The van der Waals surface area contributed by atoms with E-state index >= 15 is 0 Å². The predicted octanol–water partition coefficient (Wildman–Crippen LogP) is 5.12. The molecule has 2 aromatic rings. The Hall–Kier alpha value is -2.41. The Morgan fingerprint density at radius 2 is 1.96 bits per heavy atom. The SMILES string of the molecule is CC(C)(C)CC(=O)Nc1cccc(C2SCC(=O)N2c2ccc(F)cc2F)c1. The van der Waals surface area contributed by atoms with Gasteiger partial charge in [0, 0.05) is 18.2 Å². The van der Waals surface area contributed by atoms with E-state index in [1.165, 1.54) is 22.7 Å². The number of benzene rings is 2. The van der Waals surface area contributed by atoms with Crippen LogP contribution in [0.4, 0.5) is 20.2 Å². The van der Waals surface area contributed by atoms with E-state index in [-0.39, 0.29) is 28.7 Å². The van der Waals surface area contributed by atoms with Gasteiger partial charge in [0.05, 0.1) is 11.4 Å². The molecular formula is C21H22F2N2O2S. The molecule has 0 aromatic heterocycles. The fourth-order valence-electron chi connectivity index (χ4n) is 3.06. The molecule has 148 valence electrons. The number of carbonyl (C=O) groups excluding carboxylic acids is 2. The van der Waals surface area contributed by atoms with Gasteiger partial charge in [-0.3, -0.25) is 14.5 Å². The van der Waals surface area contributed by atoms with Gasteiger partial charge in [0.15, 0.2) is 0 Å². The molecule has 4 nitrogen and oxygen atoms in total. The van der Waals surface area contributed by atoms with E-state index in [4.69, 9.17) is 0 Å². The maximum absolute atomic E-state index is 14.3. The first-order chi connectivity index (χ1) is 13.1. The molecule has 0 aliphatic carbocycles. The lowest BCUT2D eigenvalue weighted by molar-refractivity contribution is -0.118. The van der Waals surface area contributed by atoms with Crippen LogP contribution < -0.4 is 10.2 Å². The Labute approximate surface area is 167 Å². The highest BCUT2D eigenvalue weighted by molar-refractivity contribution is 8.00. The first kappa shape index (κ1) is 20.3. The molecule has 1 aliphatic heterocycles. The third kappa shape index (κ3) is 4.70. The zero-order valence-electron chi connectivity index (χ0n) is 16.0. The summed E-state index contributed by atoms with van der Waals surface area (Å²) in [5.41, 5.74) is 1.29. The van der Waals surface area contributed by atoms with Gasteiger partial charge in [0.1, 0.15) is 17.0 Å². The van der Waals surface area contributed by atoms with Gasteiger partial charge in [-0.2, -0.15) is 0 Å². The number of anilines is 2. The van der Waals surface area contributed by atoms with Crippen LogP contribution in [0.5, 0.6) is 0 Å². The summed E-state index contributed by atoms with van der Waals surface area (Å²) in [4.78, 5) is 25.9. The number of hydrogen-bond acceptors (Lipinski definition) is 3. The van der Waals surface area contributed by atoms with Gasteiger partial charge in [-0.1, -0.05) is 32.9 Å². The number of nitrogens with one attached hydrogen (secondary N) is 1. The second-order valence-electron chi connectivity index (χ2n) is 7.93. The summed E-state index contributed by atoms with van der Waals surface area (Å²) in [6.45, 7) is 5.96. The molecule has 0 saturated carbocycles. The molecule has 1 saturated heterocycles. The van der Waals surface area contributed by atoms with Gasteiger partial charge >= 0.3 is 0 Å². The van der Waals surface area contributed by atoms with E-state index < -0.39 is 17.0 Å². The predicted molar refractivity (Wildman–Crippen MR) is 108 cm³/mol. The largest absolute Gasteiger partial charge is 0.326 e. The van der Waals surface area contributed by atoms with Crippen molar-refractivity contribution in [1.82, 2.24) is 0 Å². The second-order valence-corrected chi connectivity index (χ2v) is 9.00. The highest BCUT2D eigenvalue weighted by Gasteiger charge is 2.35. The normalized spacial score (nSPS) is 17.1. The van der Waals surface area contributed by atoms with E-state index in [2.05, 4.69) is 5.32 Å². The van der Waals surface area contributed by atoms with Crippen LogP contribution in [0.25, 0.3) is 0 Å². The maximum atomic E-state index is 14.3. The number of rotatable bonds is 4. The van der Waals surface area contributed by atoms with Gasteiger partial charge < -0.3 is 5.32 Å². The first-order valence-corrected chi connectivity index (χ1v) is 9.97. The zero-order valence-corrected chi connectivity index (χ0v) is 16.8. The van der Waals surface area contributed by atoms with E-state index in [9.17, 15) is 18.4 Å². The number of carbonyl (C=O) groups is 2. The zero-order chi connectivity index (χ0) is 20.5. The summed E-state index contributed by atoms with van der Waals surface area (Å²) in [5, 5.41) is 2.42. The van der Waals surface area contributed by atoms with Gasteiger partial charge in [-0.15, -0.1) is 11.8 Å².